The molecule has 1 aromatic carbocycles. The molecule has 0 aliphatic heterocycles. The number of halogens is 2. The normalized spacial score (nSPS) is 11.4. The highest BCUT2D eigenvalue weighted by Crippen LogP contribution is 2.25. The average molecular weight is 257 g/mol. The van der Waals surface area contributed by atoms with Crippen LogP contribution in [0.3, 0.4) is 0 Å². The van der Waals surface area contributed by atoms with Gasteiger partial charge in [0.2, 0.25) is 0 Å². The second-order valence-corrected chi connectivity index (χ2v) is 4.69. The highest BCUT2D eigenvalue weighted by Gasteiger charge is 2.24. The molecule has 0 unspecified atom stereocenters. The number of carbonyl (C=O) groups is 1. The van der Waals surface area contributed by atoms with Gasteiger partial charge in [-0.3, -0.25) is 4.79 Å². The molecule has 1 N–H and O–H groups in total. The highest BCUT2D eigenvalue weighted by molar-refractivity contribution is 5.71. The molecule has 1 aromatic rings. The van der Waals surface area contributed by atoms with Crippen molar-refractivity contribution in [1.82, 2.24) is 5.32 Å². The molecule has 0 spiro atoms. The molecular weight excluding hydrogens is 240 g/mol. The van der Waals surface area contributed by atoms with Gasteiger partial charge in [-0.1, -0.05) is 13.8 Å². The van der Waals surface area contributed by atoms with Gasteiger partial charge in [-0.2, -0.15) is 0 Å². The average Bonchev–Trinajstić information content (AvgIpc) is 2.31. The molecule has 1 rings (SSSR count). The van der Waals surface area contributed by atoms with Crippen LogP contribution in [-0.4, -0.2) is 26.2 Å². The molecule has 5 heteroatoms. The highest BCUT2D eigenvalue weighted by atomic mass is 19.1. The van der Waals surface area contributed by atoms with E-state index >= 15 is 0 Å². The van der Waals surface area contributed by atoms with Crippen molar-refractivity contribution in [3.8, 4) is 0 Å². The molecule has 0 aromatic heterocycles. The standard InChI is InChI=1S/C13H17F2NO2/c1-13(2,8-16-7-12(17)18-3)10-6-9(14)4-5-11(10)15/h4-6,16H,7-8H2,1-3H3. The SMILES string of the molecule is COC(=O)CNCC(C)(C)c1cc(F)ccc1F. The molecule has 3 nitrogen and oxygen atoms in total. The fraction of sp³-hybridized carbons (Fsp3) is 0.462. The van der Waals surface area contributed by atoms with E-state index in [0.717, 1.165) is 12.1 Å². The smallest absolute Gasteiger partial charge is 0.319 e. The van der Waals surface area contributed by atoms with Crippen molar-refractivity contribution >= 4 is 5.97 Å². The van der Waals surface area contributed by atoms with Gasteiger partial charge in [-0.15, -0.1) is 0 Å². The Bertz CT molecular complexity index is 433. The third-order valence-corrected chi connectivity index (χ3v) is 2.72. The number of rotatable bonds is 5. The van der Waals surface area contributed by atoms with Crippen LogP contribution in [0.1, 0.15) is 19.4 Å². The largest absolute Gasteiger partial charge is 0.468 e. The van der Waals surface area contributed by atoms with E-state index in [1.54, 1.807) is 13.8 Å². The Balaban J connectivity index is 2.73. The van der Waals surface area contributed by atoms with Gasteiger partial charge < -0.3 is 10.1 Å². The number of esters is 1. The molecule has 0 aliphatic rings. The van der Waals surface area contributed by atoms with Gasteiger partial charge in [-0.05, 0) is 23.8 Å². The molecule has 0 atom stereocenters. The minimum Gasteiger partial charge on any atom is -0.468 e. The van der Waals surface area contributed by atoms with E-state index in [1.807, 2.05) is 0 Å². The maximum atomic E-state index is 13.6. The van der Waals surface area contributed by atoms with Crippen molar-refractivity contribution in [1.29, 1.82) is 0 Å². The van der Waals surface area contributed by atoms with E-state index in [-0.39, 0.29) is 12.1 Å². The summed E-state index contributed by atoms with van der Waals surface area (Å²) in [5.41, 5.74) is -0.347. The molecule has 0 aliphatic carbocycles. The Morgan fingerprint density at radius 3 is 2.67 bits per heavy atom. The fourth-order valence-corrected chi connectivity index (χ4v) is 1.66. The van der Waals surface area contributed by atoms with Crippen LogP contribution in [0.2, 0.25) is 0 Å². The van der Waals surface area contributed by atoms with Crippen LogP contribution in [0.15, 0.2) is 18.2 Å². The predicted octanol–water partition coefficient (Wildman–Crippen LogP) is 2.00. The maximum Gasteiger partial charge on any atom is 0.319 e. The summed E-state index contributed by atoms with van der Waals surface area (Å²) in [6.07, 6.45) is 0. The van der Waals surface area contributed by atoms with E-state index < -0.39 is 23.0 Å². The first-order valence-electron chi connectivity index (χ1n) is 5.60. The molecule has 0 saturated carbocycles. The van der Waals surface area contributed by atoms with Gasteiger partial charge in [0.05, 0.1) is 13.7 Å². The monoisotopic (exact) mass is 257 g/mol. The number of methoxy groups -OCH3 is 1. The van der Waals surface area contributed by atoms with Gasteiger partial charge in [0.25, 0.3) is 0 Å². The van der Waals surface area contributed by atoms with Gasteiger partial charge in [0.1, 0.15) is 11.6 Å². The molecule has 0 amide bonds. The zero-order chi connectivity index (χ0) is 13.8. The third-order valence-electron chi connectivity index (χ3n) is 2.72. The molecule has 0 heterocycles. The predicted molar refractivity (Wildman–Crippen MR) is 64.3 cm³/mol. The lowest BCUT2D eigenvalue weighted by molar-refractivity contribution is -0.139. The minimum atomic E-state index is -0.625. The van der Waals surface area contributed by atoms with Crippen LogP contribution in [0, 0.1) is 11.6 Å². The number of carbonyl (C=O) groups excluding carboxylic acids is 1. The van der Waals surface area contributed by atoms with Crippen molar-refractivity contribution in [2.24, 2.45) is 0 Å². The Morgan fingerprint density at radius 1 is 1.39 bits per heavy atom. The summed E-state index contributed by atoms with van der Waals surface area (Å²) in [6.45, 7) is 3.92. The molecule has 0 fully saturated rings. The lowest BCUT2D eigenvalue weighted by Gasteiger charge is -2.26. The number of benzene rings is 1. The molecule has 0 saturated heterocycles. The van der Waals surface area contributed by atoms with E-state index in [1.165, 1.54) is 13.2 Å². The second kappa shape index (κ2) is 5.91. The quantitative estimate of drug-likeness (QED) is 0.820. The number of hydrogen-bond donors (Lipinski definition) is 1. The summed E-state index contributed by atoms with van der Waals surface area (Å²) in [5.74, 6) is -1.33. The van der Waals surface area contributed by atoms with Gasteiger partial charge in [-0.25, -0.2) is 8.78 Å². The summed E-state index contributed by atoms with van der Waals surface area (Å²) in [7, 11) is 1.29. The first-order chi connectivity index (χ1) is 8.36. The topological polar surface area (TPSA) is 38.3 Å². The summed E-state index contributed by atoms with van der Waals surface area (Å²) >= 11 is 0. The minimum absolute atomic E-state index is 0.0386. The van der Waals surface area contributed by atoms with Gasteiger partial charge in [0, 0.05) is 12.0 Å². The Morgan fingerprint density at radius 2 is 2.06 bits per heavy atom. The van der Waals surface area contributed by atoms with Crippen LogP contribution < -0.4 is 5.32 Å². The van der Waals surface area contributed by atoms with Crippen LogP contribution in [0.4, 0.5) is 8.78 Å². The van der Waals surface area contributed by atoms with Crippen LogP contribution >= 0.6 is 0 Å². The molecule has 18 heavy (non-hydrogen) atoms. The Labute approximate surface area is 105 Å². The summed E-state index contributed by atoms with van der Waals surface area (Å²) in [6, 6.07) is 3.36. The van der Waals surface area contributed by atoms with Crippen molar-refractivity contribution in [2.45, 2.75) is 19.3 Å². The van der Waals surface area contributed by atoms with E-state index in [9.17, 15) is 13.6 Å². The summed E-state index contributed by atoms with van der Waals surface area (Å²) in [4.78, 5) is 10.9. The maximum absolute atomic E-state index is 13.6. The number of ether oxygens (including phenoxy) is 1. The zero-order valence-electron chi connectivity index (χ0n) is 10.7. The lowest BCUT2D eigenvalue weighted by Crippen LogP contribution is -2.36. The zero-order valence-corrected chi connectivity index (χ0v) is 10.7. The van der Waals surface area contributed by atoms with Gasteiger partial charge >= 0.3 is 5.97 Å². The number of hydrogen-bond acceptors (Lipinski definition) is 3. The van der Waals surface area contributed by atoms with Crippen molar-refractivity contribution in [3.63, 3.8) is 0 Å². The first kappa shape index (κ1) is 14.6. The second-order valence-electron chi connectivity index (χ2n) is 4.69. The Hall–Kier alpha value is -1.49. The van der Waals surface area contributed by atoms with E-state index in [2.05, 4.69) is 10.1 Å². The third kappa shape index (κ3) is 3.77. The molecule has 100 valence electrons. The van der Waals surface area contributed by atoms with Crippen molar-refractivity contribution < 1.29 is 18.3 Å². The molecule has 0 radical (unpaired) electrons. The Kier molecular flexibility index (Phi) is 4.78. The molecular formula is C13H17F2NO2. The first-order valence-corrected chi connectivity index (χ1v) is 5.60. The lowest BCUT2D eigenvalue weighted by atomic mass is 9.84. The van der Waals surface area contributed by atoms with E-state index in [4.69, 9.17) is 0 Å². The molecule has 0 bridgehead atoms. The fourth-order valence-electron chi connectivity index (χ4n) is 1.66. The van der Waals surface area contributed by atoms with Crippen LogP contribution in [0.5, 0.6) is 0 Å². The van der Waals surface area contributed by atoms with Crippen molar-refractivity contribution in [3.05, 3.63) is 35.4 Å². The van der Waals surface area contributed by atoms with Crippen LogP contribution in [-0.2, 0) is 14.9 Å². The summed E-state index contributed by atoms with van der Waals surface area (Å²) in [5, 5.41) is 2.86. The van der Waals surface area contributed by atoms with Crippen LogP contribution in [0.25, 0.3) is 0 Å². The van der Waals surface area contributed by atoms with E-state index in [0.29, 0.717) is 6.54 Å². The number of nitrogens with one attached hydrogen (secondary N) is 1. The van der Waals surface area contributed by atoms with Crippen molar-refractivity contribution in [2.75, 3.05) is 20.2 Å². The summed E-state index contributed by atoms with van der Waals surface area (Å²) < 4.78 is 31.2. The van der Waals surface area contributed by atoms with Gasteiger partial charge in [0.15, 0.2) is 0 Å².